The van der Waals surface area contributed by atoms with Gasteiger partial charge in [-0.25, -0.2) is 0 Å². The summed E-state index contributed by atoms with van der Waals surface area (Å²) < 4.78 is 11.3. The molecule has 1 N–H and O–H groups in total. The second-order valence-electron chi connectivity index (χ2n) is 8.66. The molecule has 0 aliphatic carbocycles. The van der Waals surface area contributed by atoms with Gasteiger partial charge in [0.05, 0.1) is 12.5 Å². The summed E-state index contributed by atoms with van der Waals surface area (Å²) in [6.07, 6.45) is 3.22. The first-order valence-electron chi connectivity index (χ1n) is 10.9. The summed E-state index contributed by atoms with van der Waals surface area (Å²) >= 11 is 0. The minimum absolute atomic E-state index is 0.275. The molecule has 1 aliphatic rings. The standard InChI is InChI=1S/C23H33N3O4/c1-15(2)21-24-23(30-25-21)26-12-9-18(10-13-26)16(3)11-14-29-20-7-5-19(6-8-20)17(4)22(27)28/h5-8,15-18H,9-14H2,1-4H3,(H,27,28)/t16-,17?/m1/s1. The number of carbonyl (C=O) groups is 1. The van der Waals surface area contributed by atoms with Crippen LogP contribution in [0.2, 0.25) is 0 Å². The molecular weight excluding hydrogens is 382 g/mol. The molecule has 2 aromatic rings. The van der Waals surface area contributed by atoms with Gasteiger partial charge in [0.25, 0.3) is 0 Å². The first-order valence-corrected chi connectivity index (χ1v) is 10.9. The third-order valence-electron chi connectivity index (χ3n) is 6.15. The van der Waals surface area contributed by atoms with Gasteiger partial charge in [-0.1, -0.05) is 38.1 Å². The fraction of sp³-hybridized carbons (Fsp3) is 0.609. The van der Waals surface area contributed by atoms with Crippen LogP contribution in [0.25, 0.3) is 0 Å². The van der Waals surface area contributed by atoms with E-state index in [1.54, 1.807) is 6.92 Å². The van der Waals surface area contributed by atoms with Crippen molar-refractivity contribution in [1.82, 2.24) is 10.1 Å². The maximum absolute atomic E-state index is 11.1. The maximum Gasteiger partial charge on any atom is 0.324 e. The Hall–Kier alpha value is -2.57. The monoisotopic (exact) mass is 415 g/mol. The third kappa shape index (κ3) is 5.52. The Morgan fingerprint density at radius 3 is 2.43 bits per heavy atom. The summed E-state index contributed by atoms with van der Waals surface area (Å²) in [5.41, 5.74) is 0.789. The number of rotatable bonds is 9. The molecule has 1 fully saturated rings. The van der Waals surface area contributed by atoms with Crippen molar-refractivity contribution in [2.45, 2.75) is 58.8 Å². The van der Waals surface area contributed by atoms with Gasteiger partial charge in [-0.15, -0.1) is 0 Å². The second-order valence-corrected chi connectivity index (χ2v) is 8.66. The zero-order valence-corrected chi connectivity index (χ0v) is 18.4. The molecule has 0 saturated carbocycles. The number of hydrogen-bond donors (Lipinski definition) is 1. The fourth-order valence-electron chi connectivity index (χ4n) is 3.84. The molecule has 1 aromatic carbocycles. The van der Waals surface area contributed by atoms with Gasteiger partial charge < -0.3 is 19.3 Å². The van der Waals surface area contributed by atoms with E-state index in [2.05, 4.69) is 35.8 Å². The Morgan fingerprint density at radius 2 is 1.87 bits per heavy atom. The van der Waals surface area contributed by atoms with E-state index in [1.165, 1.54) is 0 Å². The number of carboxylic acid groups (broad SMARTS) is 1. The Balaban J connectivity index is 1.40. The largest absolute Gasteiger partial charge is 0.494 e. The number of carboxylic acids is 1. The quantitative estimate of drug-likeness (QED) is 0.635. The Kier molecular flexibility index (Phi) is 7.34. The number of ether oxygens (including phenoxy) is 1. The average Bonchev–Trinajstić information content (AvgIpc) is 3.24. The summed E-state index contributed by atoms with van der Waals surface area (Å²) in [5, 5.41) is 13.2. The van der Waals surface area contributed by atoms with Gasteiger partial charge in [-0.2, -0.15) is 4.98 Å². The highest BCUT2D eigenvalue weighted by Gasteiger charge is 2.26. The summed E-state index contributed by atoms with van der Waals surface area (Å²) in [5.74, 6) is 1.75. The van der Waals surface area contributed by atoms with E-state index in [4.69, 9.17) is 14.4 Å². The van der Waals surface area contributed by atoms with Crippen molar-refractivity contribution in [2.24, 2.45) is 11.8 Å². The van der Waals surface area contributed by atoms with E-state index in [1.807, 2.05) is 24.3 Å². The minimum atomic E-state index is -0.817. The van der Waals surface area contributed by atoms with E-state index in [9.17, 15) is 4.79 Å². The van der Waals surface area contributed by atoms with Gasteiger partial charge in [0.15, 0.2) is 5.82 Å². The predicted octanol–water partition coefficient (Wildman–Crippen LogP) is 4.70. The van der Waals surface area contributed by atoms with Crippen LogP contribution < -0.4 is 9.64 Å². The molecule has 1 unspecified atom stereocenters. The summed E-state index contributed by atoms with van der Waals surface area (Å²) in [4.78, 5) is 17.8. The van der Waals surface area contributed by atoms with E-state index < -0.39 is 11.9 Å². The van der Waals surface area contributed by atoms with Crippen LogP contribution in [-0.4, -0.2) is 40.9 Å². The van der Waals surface area contributed by atoms with Crippen molar-refractivity contribution < 1.29 is 19.2 Å². The van der Waals surface area contributed by atoms with Gasteiger partial charge in [-0.05, 0) is 55.7 Å². The van der Waals surface area contributed by atoms with E-state index in [0.29, 0.717) is 24.5 Å². The zero-order valence-electron chi connectivity index (χ0n) is 18.4. The molecule has 0 amide bonds. The molecule has 2 atom stereocenters. The normalized spacial score (nSPS) is 17.2. The number of hydrogen-bond acceptors (Lipinski definition) is 6. The lowest BCUT2D eigenvalue weighted by atomic mass is 9.84. The summed E-state index contributed by atoms with van der Waals surface area (Å²) in [6, 6.07) is 8.01. The number of nitrogens with zero attached hydrogens (tertiary/aromatic N) is 3. The lowest BCUT2D eigenvalue weighted by Gasteiger charge is -2.33. The SMILES string of the molecule is CC(C)c1noc(N2CCC([C@H](C)CCOc3ccc(C(C)C(=O)O)cc3)CC2)n1. The van der Waals surface area contributed by atoms with Crippen LogP contribution in [0.15, 0.2) is 28.8 Å². The van der Waals surface area contributed by atoms with Gasteiger partial charge in [-0.3, -0.25) is 4.79 Å². The lowest BCUT2D eigenvalue weighted by Crippen LogP contribution is -2.36. The average molecular weight is 416 g/mol. The molecule has 0 spiro atoms. The topological polar surface area (TPSA) is 88.7 Å². The molecule has 164 valence electrons. The molecule has 0 bridgehead atoms. The lowest BCUT2D eigenvalue weighted by molar-refractivity contribution is -0.138. The number of benzene rings is 1. The maximum atomic E-state index is 11.1. The van der Waals surface area contributed by atoms with Crippen LogP contribution in [0.5, 0.6) is 5.75 Å². The number of aromatic nitrogens is 2. The molecule has 3 rings (SSSR count). The van der Waals surface area contributed by atoms with Crippen molar-refractivity contribution in [3.63, 3.8) is 0 Å². The van der Waals surface area contributed by atoms with Gasteiger partial charge >= 0.3 is 12.0 Å². The van der Waals surface area contributed by atoms with E-state index in [0.717, 1.165) is 49.5 Å². The molecule has 30 heavy (non-hydrogen) atoms. The number of aliphatic carboxylic acids is 1. The smallest absolute Gasteiger partial charge is 0.324 e. The molecular formula is C23H33N3O4. The first-order chi connectivity index (χ1) is 14.3. The zero-order chi connectivity index (χ0) is 21.7. The summed E-state index contributed by atoms with van der Waals surface area (Å²) in [7, 11) is 0. The molecule has 1 aliphatic heterocycles. The van der Waals surface area contributed by atoms with Gasteiger partial charge in [0.1, 0.15) is 5.75 Å². The highest BCUT2D eigenvalue weighted by atomic mass is 16.5. The number of anilines is 1. The van der Waals surface area contributed by atoms with Crippen LogP contribution in [0.4, 0.5) is 6.01 Å². The number of piperidine rings is 1. The Morgan fingerprint density at radius 1 is 1.20 bits per heavy atom. The van der Waals surface area contributed by atoms with Gasteiger partial charge in [0, 0.05) is 19.0 Å². The van der Waals surface area contributed by atoms with Crippen molar-refractivity contribution >= 4 is 12.0 Å². The first kappa shape index (κ1) is 22.1. The van der Waals surface area contributed by atoms with Crippen LogP contribution >= 0.6 is 0 Å². The van der Waals surface area contributed by atoms with E-state index in [-0.39, 0.29) is 5.92 Å². The van der Waals surface area contributed by atoms with Crippen LogP contribution in [0.1, 0.15) is 70.2 Å². The predicted molar refractivity (Wildman–Crippen MR) is 115 cm³/mol. The van der Waals surface area contributed by atoms with Crippen molar-refractivity contribution in [3.8, 4) is 5.75 Å². The summed E-state index contributed by atoms with van der Waals surface area (Å²) in [6.45, 7) is 10.7. The Labute approximate surface area is 178 Å². The van der Waals surface area contributed by atoms with Crippen molar-refractivity contribution in [3.05, 3.63) is 35.7 Å². The molecule has 1 aromatic heterocycles. The van der Waals surface area contributed by atoms with Crippen LogP contribution in [0.3, 0.4) is 0 Å². The minimum Gasteiger partial charge on any atom is -0.494 e. The third-order valence-corrected chi connectivity index (χ3v) is 6.15. The van der Waals surface area contributed by atoms with Crippen LogP contribution in [-0.2, 0) is 4.79 Å². The van der Waals surface area contributed by atoms with Crippen LogP contribution in [0, 0.1) is 11.8 Å². The molecule has 1 saturated heterocycles. The van der Waals surface area contributed by atoms with Crippen molar-refractivity contribution in [2.75, 3.05) is 24.6 Å². The second kappa shape index (κ2) is 9.96. The molecule has 7 nitrogen and oxygen atoms in total. The molecule has 0 radical (unpaired) electrons. The van der Waals surface area contributed by atoms with E-state index >= 15 is 0 Å². The Bertz CT molecular complexity index is 810. The molecule has 7 heteroatoms. The fourth-order valence-corrected chi connectivity index (χ4v) is 3.84. The van der Waals surface area contributed by atoms with Gasteiger partial charge in [0.2, 0.25) is 0 Å². The highest BCUT2D eigenvalue weighted by molar-refractivity contribution is 5.75. The highest BCUT2D eigenvalue weighted by Crippen LogP contribution is 2.30. The molecule has 2 heterocycles. The van der Waals surface area contributed by atoms with Crippen molar-refractivity contribution in [1.29, 1.82) is 0 Å².